The molecule has 0 unspecified atom stereocenters. The van der Waals surface area contributed by atoms with E-state index in [2.05, 4.69) is 15.6 Å². The maximum absolute atomic E-state index is 11.9. The first kappa shape index (κ1) is 15.4. The molecule has 1 heterocycles. The Balaban J connectivity index is 2.32. The molecule has 2 N–H and O–H groups in total. The van der Waals surface area contributed by atoms with E-state index in [1.165, 1.54) is 0 Å². The van der Waals surface area contributed by atoms with Crippen LogP contribution in [0.15, 0.2) is 18.5 Å². The fraction of sp³-hybridized carbons (Fsp3) is 0.571. The summed E-state index contributed by atoms with van der Waals surface area (Å²) in [6, 6.07) is 1.92. The minimum absolute atomic E-state index is 0.0948. The van der Waals surface area contributed by atoms with Crippen molar-refractivity contribution in [2.45, 2.75) is 33.3 Å². The van der Waals surface area contributed by atoms with E-state index in [9.17, 15) is 4.79 Å². The zero-order valence-electron chi connectivity index (χ0n) is 12.1. The molecule has 0 bridgehead atoms. The largest absolute Gasteiger partial charge is 0.383 e. The van der Waals surface area contributed by atoms with Crippen molar-refractivity contribution in [2.75, 3.05) is 25.0 Å². The summed E-state index contributed by atoms with van der Waals surface area (Å²) in [7, 11) is 0. The highest BCUT2D eigenvalue weighted by Crippen LogP contribution is 2.11. The Labute approximate surface area is 114 Å². The second-order valence-electron chi connectivity index (χ2n) is 4.82. The van der Waals surface area contributed by atoms with Crippen molar-refractivity contribution in [1.82, 2.24) is 10.3 Å². The smallest absolute Gasteiger partial charge is 0.251 e. The second kappa shape index (κ2) is 7.09. The number of nitrogens with one attached hydrogen (secondary N) is 2. The summed E-state index contributed by atoms with van der Waals surface area (Å²) < 4.78 is 5.38. The van der Waals surface area contributed by atoms with E-state index in [1.807, 2.05) is 19.9 Å². The van der Waals surface area contributed by atoms with Crippen LogP contribution in [0.2, 0.25) is 0 Å². The lowest BCUT2D eigenvalue weighted by molar-refractivity contribution is -0.142. The number of rotatable bonds is 7. The van der Waals surface area contributed by atoms with Crippen molar-refractivity contribution in [3.05, 3.63) is 24.0 Å². The lowest BCUT2D eigenvalue weighted by Crippen LogP contribution is -2.45. The SMILES string of the molecule is CCOC(C)(C)C(=O)NCCNc1ccncc1C. The van der Waals surface area contributed by atoms with Crippen molar-refractivity contribution in [2.24, 2.45) is 0 Å². The molecule has 0 aromatic carbocycles. The van der Waals surface area contributed by atoms with Gasteiger partial charge in [-0.15, -0.1) is 0 Å². The fourth-order valence-corrected chi connectivity index (χ4v) is 1.68. The summed E-state index contributed by atoms with van der Waals surface area (Å²) in [4.78, 5) is 15.9. The van der Waals surface area contributed by atoms with Crippen LogP contribution < -0.4 is 10.6 Å². The number of carbonyl (C=O) groups excluding carboxylic acids is 1. The maximum atomic E-state index is 11.9. The van der Waals surface area contributed by atoms with E-state index in [1.54, 1.807) is 26.2 Å². The summed E-state index contributed by atoms with van der Waals surface area (Å²) in [5, 5.41) is 6.11. The van der Waals surface area contributed by atoms with Crippen LogP contribution in [0, 0.1) is 6.92 Å². The lowest BCUT2D eigenvalue weighted by Gasteiger charge is -2.23. The summed E-state index contributed by atoms with van der Waals surface area (Å²) >= 11 is 0. The van der Waals surface area contributed by atoms with Crippen LogP contribution in [0.4, 0.5) is 5.69 Å². The molecule has 106 valence electrons. The van der Waals surface area contributed by atoms with Gasteiger partial charge >= 0.3 is 0 Å². The van der Waals surface area contributed by atoms with Crippen molar-refractivity contribution in [3.8, 4) is 0 Å². The van der Waals surface area contributed by atoms with E-state index in [4.69, 9.17) is 4.74 Å². The van der Waals surface area contributed by atoms with Gasteiger partial charge in [0, 0.05) is 37.8 Å². The van der Waals surface area contributed by atoms with Crippen LogP contribution in [0.1, 0.15) is 26.3 Å². The first-order chi connectivity index (χ1) is 8.97. The molecular formula is C14H23N3O2. The van der Waals surface area contributed by atoms with Gasteiger partial charge in [-0.3, -0.25) is 9.78 Å². The van der Waals surface area contributed by atoms with Gasteiger partial charge in [-0.25, -0.2) is 0 Å². The van der Waals surface area contributed by atoms with Crippen LogP contribution in [0.3, 0.4) is 0 Å². The van der Waals surface area contributed by atoms with Crippen molar-refractivity contribution < 1.29 is 9.53 Å². The van der Waals surface area contributed by atoms with Gasteiger partial charge in [0.05, 0.1) is 0 Å². The minimum Gasteiger partial charge on any atom is -0.383 e. The van der Waals surface area contributed by atoms with Crippen molar-refractivity contribution in [1.29, 1.82) is 0 Å². The quantitative estimate of drug-likeness (QED) is 0.737. The van der Waals surface area contributed by atoms with E-state index < -0.39 is 5.60 Å². The summed E-state index contributed by atoms with van der Waals surface area (Å²) in [5.74, 6) is -0.0948. The molecule has 19 heavy (non-hydrogen) atoms. The number of aryl methyl sites for hydroxylation is 1. The molecule has 0 aliphatic heterocycles. The average molecular weight is 265 g/mol. The number of ether oxygens (including phenoxy) is 1. The van der Waals surface area contributed by atoms with Crippen LogP contribution in [-0.2, 0) is 9.53 Å². The number of hydrogen-bond donors (Lipinski definition) is 2. The molecule has 0 fully saturated rings. The molecule has 5 nitrogen and oxygen atoms in total. The molecule has 0 atom stereocenters. The third-order valence-electron chi connectivity index (χ3n) is 2.80. The highest BCUT2D eigenvalue weighted by molar-refractivity contribution is 5.84. The zero-order valence-corrected chi connectivity index (χ0v) is 12.1. The highest BCUT2D eigenvalue weighted by atomic mass is 16.5. The molecule has 1 rings (SSSR count). The molecule has 0 spiro atoms. The number of pyridine rings is 1. The Morgan fingerprint density at radius 2 is 2.16 bits per heavy atom. The number of carbonyl (C=O) groups is 1. The van der Waals surface area contributed by atoms with Gasteiger partial charge in [0.15, 0.2) is 0 Å². The summed E-state index contributed by atoms with van der Waals surface area (Å²) in [6.45, 7) is 9.15. The number of anilines is 1. The van der Waals surface area contributed by atoms with Crippen LogP contribution in [0.25, 0.3) is 0 Å². The third kappa shape index (κ3) is 4.87. The first-order valence-electron chi connectivity index (χ1n) is 6.54. The van der Waals surface area contributed by atoms with Gasteiger partial charge in [-0.05, 0) is 39.3 Å². The lowest BCUT2D eigenvalue weighted by atomic mass is 10.1. The molecule has 0 saturated heterocycles. The monoisotopic (exact) mass is 265 g/mol. The standard InChI is InChI=1S/C14H23N3O2/c1-5-19-14(3,4)13(18)17-9-8-16-12-6-7-15-10-11(12)2/h6-7,10H,5,8-9H2,1-4H3,(H,15,16)(H,17,18). The van der Waals surface area contributed by atoms with E-state index in [0.717, 1.165) is 11.3 Å². The minimum atomic E-state index is -0.776. The molecule has 0 aliphatic carbocycles. The Morgan fingerprint density at radius 3 is 2.79 bits per heavy atom. The maximum Gasteiger partial charge on any atom is 0.251 e. The Kier molecular flexibility index (Phi) is 5.76. The van der Waals surface area contributed by atoms with Crippen molar-refractivity contribution >= 4 is 11.6 Å². The average Bonchev–Trinajstić information content (AvgIpc) is 2.36. The Bertz CT molecular complexity index is 419. The Hall–Kier alpha value is -1.62. The predicted octanol–water partition coefficient (Wildman–Crippen LogP) is 1.73. The van der Waals surface area contributed by atoms with Gasteiger partial charge < -0.3 is 15.4 Å². The zero-order chi connectivity index (χ0) is 14.3. The predicted molar refractivity (Wildman–Crippen MR) is 76.2 cm³/mol. The van der Waals surface area contributed by atoms with Gasteiger partial charge in [-0.1, -0.05) is 0 Å². The number of aromatic nitrogens is 1. The topological polar surface area (TPSA) is 63.2 Å². The molecule has 5 heteroatoms. The first-order valence-corrected chi connectivity index (χ1v) is 6.54. The van der Waals surface area contributed by atoms with E-state index in [-0.39, 0.29) is 5.91 Å². The highest BCUT2D eigenvalue weighted by Gasteiger charge is 2.27. The van der Waals surface area contributed by atoms with Gasteiger partial charge in [0.2, 0.25) is 0 Å². The normalized spacial score (nSPS) is 11.2. The third-order valence-corrected chi connectivity index (χ3v) is 2.80. The second-order valence-corrected chi connectivity index (χ2v) is 4.82. The van der Waals surface area contributed by atoms with Gasteiger partial charge in [0.25, 0.3) is 5.91 Å². The number of amides is 1. The molecule has 0 aliphatic rings. The van der Waals surface area contributed by atoms with E-state index in [0.29, 0.717) is 19.7 Å². The molecule has 0 saturated carbocycles. The molecule has 0 radical (unpaired) electrons. The number of hydrogen-bond acceptors (Lipinski definition) is 4. The fourth-order valence-electron chi connectivity index (χ4n) is 1.68. The Morgan fingerprint density at radius 1 is 1.42 bits per heavy atom. The van der Waals surface area contributed by atoms with Crippen LogP contribution >= 0.6 is 0 Å². The van der Waals surface area contributed by atoms with E-state index >= 15 is 0 Å². The summed E-state index contributed by atoms with van der Waals surface area (Å²) in [6.07, 6.45) is 3.55. The van der Waals surface area contributed by atoms with Crippen molar-refractivity contribution in [3.63, 3.8) is 0 Å². The summed E-state index contributed by atoms with van der Waals surface area (Å²) in [5.41, 5.74) is 1.35. The van der Waals surface area contributed by atoms with Crippen LogP contribution in [0.5, 0.6) is 0 Å². The molecule has 1 aromatic rings. The molecule has 1 aromatic heterocycles. The van der Waals surface area contributed by atoms with Gasteiger partial charge in [-0.2, -0.15) is 0 Å². The van der Waals surface area contributed by atoms with Gasteiger partial charge in [0.1, 0.15) is 5.60 Å². The molecule has 1 amide bonds. The number of nitrogens with zero attached hydrogens (tertiary/aromatic N) is 1. The molecular weight excluding hydrogens is 242 g/mol. The van der Waals surface area contributed by atoms with Crippen LogP contribution in [-0.4, -0.2) is 36.2 Å².